The molecule has 3 rings (SSSR count). The van der Waals surface area contributed by atoms with E-state index in [9.17, 15) is 23.0 Å². The van der Waals surface area contributed by atoms with E-state index in [1.807, 2.05) is 0 Å². The molecule has 1 aliphatic carbocycles. The Balaban J connectivity index is 2.09. The van der Waals surface area contributed by atoms with Gasteiger partial charge in [-0.25, -0.2) is 17.9 Å². The smallest absolute Gasteiger partial charge is 0.239 e. The quantitative estimate of drug-likeness (QED) is 0.730. The molecule has 1 heterocycles. The van der Waals surface area contributed by atoms with E-state index >= 15 is 0 Å². The van der Waals surface area contributed by atoms with Crippen LogP contribution in [0.1, 0.15) is 24.1 Å². The number of nitrogens with zero attached hydrogens (tertiary/aromatic N) is 1. The highest BCUT2D eigenvalue weighted by atomic mass is 32.2. The van der Waals surface area contributed by atoms with Gasteiger partial charge in [-0.2, -0.15) is 0 Å². The highest BCUT2D eigenvalue weighted by molar-refractivity contribution is 7.89. The first-order valence-corrected chi connectivity index (χ1v) is 9.51. The molecule has 0 atom stereocenters. The zero-order valence-electron chi connectivity index (χ0n) is 13.9. The molecule has 0 aliphatic heterocycles. The third-order valence-electron chi connectivity index (χ3n) is 4.71. The molecule has 2 aromatic rings. The topological polar surface area (TPSA) is 114 Å². The van der Waals surface area contributed by atoms with Gasteiger partial charge in [0.05, 0.1) is 18.9 Å². The second-order valence-electron chi connectivity index (χ2n) is 6.56. The van der Waals surface area contributed by atoms with E-state index < -0.39 is 15.4 Å². The van der Waals surface area contributed by atoms with Crippen molar-refractivity contribution >= 4 is 21.2 Å². The first-order valence-electron chi connectivity index (χ1n) is 7.97. The molecule has 4 N–H and O–H groups in total. The van der Waals surface area contributed by atoms with Gasteiger partial charge in [0, 0.05) is 11.6 Å². The van der Waals surface area contributed by atoms with Crippen LogP contribution in [0.25, 0.3) is 11.1 Å². The molecule has 1 aromatic heterocycles. The van der Waals surface area contributed by atoms with Crippen LogP contribution in [0.2, 0.25) is 0 Å². The normalized spacial score (nSPS) is 16.9. The van der Waals surface area contributed by atoms with Crippen LogP contribution >= 0.6 is 0 Å². The second-order valence-corrected chi connectivity index (χ2v) is 8.12. The lowest BCUT2D eigenvalue weighted by atomic mass is 9.85. The number of primary sulfonamides is 1. The average molecular weight is 378 g/mol. The monoisotopic (exact) mass is 378 g/mol. The molecule has 0 spiro atoms. The van der Waals surface area contributed by atoms with Gasteiger partial charge in [0.25, 0.3) is 0 Å². The van der Waals surface area contributed by atoms with Crippen LogP contribution in [-0.2, 0) is 10.0 Å². The van der Waals surface area contributed by atoms with Crippen molar-refractivity contribution < 1.29 is 23.0 Å². The molecule has 0 bridgehead atoms. The third-order valence-corrected chi connectivity index (χ3v) is 5.60. The molecule has 0 fully saturated rings. The van der Waals surface area contributed by atoms with Crippen molar-refractivity contribution in [3.8, 4) is 0 Å². The summed E-state index contributed by atoms with van der Waals surface area (Å²) >= 11 is 0. The fourth-order valence-electron chi connectivity index (χ4n) is 3.20. The molecule has 0 radical (unpaired) electrons. The third kappa shape index (κ3) is 3.54. The Hall–Kier alpha value is -2.13. The van der Waals surface area contributed by atoms with Gasteiger partial charge >= 0.3 is 0 Å². The minimum atomic E-state index is -3.85. The number of halogens is 1. The van der Waals surface area contributed by atoms with Crippen molar-refractivity contribution in [3.05, 3.63) is 59.7 Å². The number of aliphatic hydroxyl groups excluding tert-OH is 2. The maximum atomic E-state index is 13.3. The lowest BCUT2D eigenvalue weighted by Gasteiger charge is -2.24. The van der Waals surface area contributed by atoms with Gasteiger partial charge in [-0.3, -0.25) is 4.98 Å². The van der Waals surface area contributed by atoms with Gasteiger partial charge < -0.3 is 10.2 Å². The molecule has 26 heavy (non-hydrogen) atoms. The number of hydrogen-bond donors (Lipinski definition) is 3. The number of aromatic nitrogens is 1. The number of pyridine rings is 1. The molecule has 0 unspecified atom stereocenters. The van der Waals surface area contributed by atoms with Gasteiger partial charge in [-0.1, -0.05) is 12.1 Å². The lowest BCUT2D eigenvalue weighted by molar-refractivity contribution is 0.0677. The molecule has 138 valence electrons. The van der Waals surface area contributed by atoms with E-state index in [1.54, 1.807) is 18.2 Å². The van der Waals surface area contributed by atoms with Crippen molar-refractivity contribution in [3.63, 3.8) is 0 Å². The van der Waals surface area contributed by atoms with Gasteiger partial charge in [0.1, 0.15) is 10.7 Å². The number of nitrogens with two attached hydrogens (primary N) is 1. The summed E-state index contributed by atoms with van der Waals surface area (Å²) in [6.45, 7) is -0.431. The van der Waals surface area contributed by atoms with Crippen LogP contribution in [0.5, 0.6) is 0 Å². The molecule has 1 aromatic carbocycles. The Bertz CT molecular complexity index is 934. The number of benzene rings is 1. The second kappa shape index (κ2) is 6.88. The van der Waals surface area contributed by atoms with E-state index in [0.29, 0.717) is 18.5 Å². The lowest BCUT2D eigenvalue weighted by Crippen LogP contribution is -2.27. The fraction of sp³-hybridized carbons (Fsp3) is 0.278. The minimum absolute atomic E-state index is 0.0984. The summed E-state index contributed by atoms with van der Waals surface area (Å²) in [5, 5.41) is 24.7. The fourth-order valence-corrected chi connectivity index (χ4v) is 3.66. The minimum Gasteiger partial charge on any atom is -0.396 e. The predicted octanol–water partition coefficient (Wildman–Crippen LogP) is 1.54. The van der Waals surface area contributed by atoms with Crippen molar-refractivity contribution in [1.29, 1.82) is 0 Å². The van der Waals surface area contributed by atoms with Crippen LogP contribution in [-0.4, -0.2) is 36.8 Å². The maximum absolute atomic E-state index is 13.3. The molecule has 0 saturated heterocycles. The van der Waals surface area contributed by atoms with Gasteiger partial charge in [-0.15, -0.1) is 0 Å². The SMILES string of the molecule is NS(=O)(=O)c1ccc(C2=C(c3ccc(F)cc3)CC(CO)(CO)C2)nc1. The first kappa shape index (κ1) is 18.7. The van der Waals surface area contributed by atoms with Crippen LogP contribution in [0.15, 0.2) is 47.5 Å². The molecule has 8 heteroatoms. The van der Waals surface area contributed by atoms with Gasteiger partial charge in [0.15, 0.2) is 0 Å². The highest BCUT2D eigenvalue weighted by Gasteiger charge is 2.39. The molecule has 6 nitrogen and oxygen atoms in total. The van der Waals surface area contributed by atoms with Crippen LogP contribution < -0.4 is 5.14 Å². The van der Waals surface area contributed by atoms with Crippen molar-refractivity contribution in [2.45, 2.75) is 17.7 Å². The Morgan fingerprint density at radius 2 is 1.65 bits per heavy atom. The molecule has 0 saturated carbocycles. The van der Waals surface area contributed by atoms with Gasteiger partial charge in [0.2, 0.25) is 10.0 Å². The Kier molecular flexibility index (Phi) is 4.94. The van der Waals surface area contributed by atoms with E-state index in [0.717, 1.165) is 16.7 Å². The summed E-state index contributed by atoms with van der Waals surface area (Å²) < 4.78 is 36.1. The van der Waals surface area contributed by atoms with Crippen molar-refractivity contribution in [2.75, 3.05) is 13.2 Å². The van der Waals surface area contributed by atoms with Crippen molar-refractivity contribution in [1.82, 2.24) is 4.98 Å². The maximum Gasteiger partial charge on any atom is 0.239 e. The van der Waals surface area contributed by atoms with Crippen LogP contribution in [0.4, 0.5) is 4.39 Å². The summed E-state index contributed by atoms with van der Waals surface area (Å²) in [5.74, 6) is -0.361. The van der Waals surface area contributed by atoms with Crippen LogP contribution in [0, 0.1) is 11.2 Å². The van der Waals surface area contributed by atoms with E-state index in [2.05, 4.69) is 4.98 Å². The Morgan fingerprint density at radius 3 is 2.15 bits per heavy atom. The molecule has 1 aliphatic rings. The number of hydrogen-bond acceptors (Lipinski definition) is 5. The van der Waals surface area contributed by atoms with E-state index in [-0.39, 0.29) is 23.9 Å². The summed E-state index contributed by atoms with van der Waals surface area (Å²) in [6.07, 6.45) is 1.95. The zero-order chi connectivity index (χ0) is 18.9. The number of allylic oxidation sites excluding steroid dienone is 2. The Labute approximate surface area is 150 Å². The van der Waals surface area contributed by atoms with Crippen LogP contribution in [0.3, 0.4) is 0 Å². The largest absolute Gasteiger partial charge is 0.396 e. The predicted molar refractivity (Wildman–Crippen MR) is 94.7 cm³/mol. The molecular weight excluding hydrogens is 359 g/mol. The van der Waals surface area contributed by atoms with E-state index in [4.69, 9.17) is 5.14 Å². The summed E-state index contributed by atoms with van der Waals surface area (Å²) in [6, 6.07) is 8.86. The van der Waals surface area contributed by atoms with Gasteiger partial charge in [-0.05, 0) is 53.8 Å². The Morgan fingerprint density at radius 1 is 1.04 bits per heavy atom. The average Bonchev–Trinajstić information content (AvgIpc) is 3.02. The zero-order valence-corrected chi connectivity index (χ0v) is 14.7. The first-order chi connectivity index (χ1) is 12.3. The summed E-state index contributed by atoms with van der Waals surface area (Å²) in [4.78, 5) is 4.10. The number of rotatable bonds is 5. The van der Waals surface area contributed by atoms with Crippen molar-refractivity contribution in [2.24, 2.45) is 10.6 Å². The molecular formula is C18H19FN2O4S. The number of aliphatic hydroxyl groups is 2. The van der Waals surface area contributed by atoms with E-state index in [1.165, 1.54) is 24.4 Å². The summed E-state index contributed by atoms with van der Waals surface area (Å²) in [5.41, 5.74) is 2.17. The highest BCUT2D eigenvalue weighted by Crippen LogP contribution is 2.49. The number of sulfonamides is 1. The molecule has 0 amide bonds. The standard InChI is InChI=1S/C18H19FN2O4S/c19-13-3-1-12(2-4-13)15-7-18(10-22,11-23)8-16(15)17-6-5-14(9-21-17)26(20,24)25/h1-6,9,22-23H,7-8,10-11H2,(H2,20,24,25). The summed E-state index contributed by atoms with van der Waals surface area (Å²) in [7, 11) is -3.85.